The summed E-state index contributed by atoms with van der Waals surface area (Å²) in [7, 11) is 1.64. The normalized spacial score (nSPS) is 16.4. The van der Waals surface area contributed by atoms with Crippen molar-refractivity contribution in [3.8, 4) is 0 Å². The van der Waals surface area contributed by atoms with Crippen molar-refractivity contribution in [2.24, 2.45) is 7.05 Å². The lowest BCUT2D eigenvalue weighted by atomic mass is 10.2. The highest BCUT2D eigenvalue weighted by molar-refractivity contribution is 5.77. The Bertz CT molecular complexity index is 1160. The molecule has 1 aliphatic rings. The van der Waals surface area contributed by atoms with Crippen molar-refractivity contribution in [3.63, 3.8) is 0 Å². The van der Waals surface area contributed by atoms with Crippen LogP contribution in [0.3, 0.4) is 0 Å². The maximum atomic E-state index is 13.2. The fourth-order valence-electron chi connectivity index (χ4n) is 3.96. The number of β-amino-alcohol motifs (C(OH)–C–C–N with tert-alkyl or cyclic N) is 1. The fourth-order valence-corrected chi connectivity index (χ4v) is 3.96. The Morgan fingerprint density at radius 1 is 1.14 bits per heavy atom. The predicted octanol–water partition coefficient (Wildman–Crippen LogP) is 1.91. The van der Waals surface area contributed by atoms with Gasteiger partial charge in [0.25, 0.3) is 5.56 Å². The minimum Gasteiger partial charge on any atom is -0.389 e. The number of aryl methyl sites for hydroxylation is 2. The molecule has 0 amide bonds. The van der Waals surface area contributed by atoms with Crippen LogP contribution in [0.1, 0.15) is 31.7 Å². The molecule has 0 spiro atoms. The van der Waals surface area contributed by atoms with Crippen LogP contribution in [0.4, 0.5) is 11.6 Å². The maximum absolute atomic E-state index is 13.2. The van der Waals surface area contributed by atoms with Gasteiger partial charge in [-0.05, 0) is 25.5 Å². The van der Waals surface area contributed by atoms with Crippen LogP contribution in [0.15, 0.2) is 33.9 Å². The monoisotopic (exact) mass is 397 g/mol. The molecule has 0 radical (unpaired) electrons. The molecule has 3 aromatic rings. The standard InChI is InChI=1S/C21H27N5O3/c1-4-5-6-11-24-19(28)17-18(23(3)21(24)29)22-20-25(12-16(27)13-26(17)20)15-9-7-14(2)8-10-15/h7-10,16,27H,4-6,11-13H2,1-3H3/t16-/m0/s1. The number of anilines is 2. The number of aromatic nitrogens is 4. The van der Waals surface area contributed by atoms with Crippen LogP contribution in [-0.4, -0.2) is 36.4 Å². The first kappa shape index (κ1) is 19.4. The lowest BCUT2D eigenvalue weighted by Gasteiger charge is -2.32. The van der Waals surface area contributed by atoms with E-state index in [0.29, 0.717) is 30.2 Å². The van der Waals surface area contributed by atoms with E-state index in [1.54, 1.807) is 11.6 Å². The van der Waals surface area contributed by atoms with E-state index in [1.165, 1.54) is 9.13 Å². The van der Waals surface area contributed by atoms with Crippen molar-refractivity contribution >= 4 is 22.8 Å². The zero-order valence-corrected chi connectivity index (χ0v) is 17.1. The molecule has 0 saturated heterocycles. The highest BCUT2D eigenvalue weighted by atomic mass is 16.3. The molecule has 0 saturated carbocycles. The molecule has 8 nitrogen and oxygen atoms in total. The van der Waals surface area contributed by atoms with Gasteiger partial charge in [0.1, 0.15) is 0 Å². The summed E-state index contributed by atoms with van der Waals surface area (Å²) >= 11 is 0. The van der Waals surface area contributed by atoms with Gasteiger partial charge in [-0.3, -0.25) is 13.9 Å². The van der Waals surface area contributed by atoms with Crippen molar-refractivity contribution in [2.75, 3.05) is 11.4 Å². The lowest BCUT2D eigenvalue weighted by Crippen LogP contribution is -2.41. The second-order valence-corrected chi connectivity index (χ2v) is 7.80. The molecule has 154 valence electrons. The Labute approximate surface area is 168 Å². The third-order valence-corrected chi connectivity index (χ3v) is 5.57. The second kappa shape index (κ2) is 7.51. The molecule has 1 aromatic carbocycles. The quantitative estimate of drug-likeness (QED) is 0.665. The molecule has 1 atom stereocenters. The topological polar surface area (TPSA) is 85.3 Å². The molecule has 1 N–H and O–H groups in total. The Hall–Kier alpha value is -2.87. The van der Waals surface area contributed by atoms with E-state index in [0.717, 1.165) is 30.5 Å². The number of benzene rings is 1. The number of rotatable bonds is 5. The van der Waals surface area contributed by atoms with Gasteiger partial charge in [0.15, 0.2) is 11.2 Å². The van der Waals surface area contributed by atoms with Crippen molar-refractivity contribution in [1.82, 2.24) is 18.7 Å². The Balaban J connectivity index is 1.91. The van der Waals surface area contributed by atoms with Gasteiger partial charge < -0.3 is 14.6 Å². The maximum Gasteiger partial charge on any atom is 0.332 e. The first-order chi connectivity index (χ1) is 13.9. The number of hydrogen-bond donors (Lipinski definition) is 1. The van der Waals surface area contributed by atoms with Gasteiger partial charge in [0, 0.05) is 19.3 Å². The van der Waals surface area contributed by atoms with Gasteiger partial charge in [0.05, 0.1) is 19.2 Å². The fraction of sp³-hybridized carbons (Fsp3) is 0.476. The van der Waals surface area contributed by atoms with Gasteiger partial charge in [-0.1, -0.05) is 37.5 Å². The van der Waals surface area contributed by atoms with Crippen LogP contribution >= 0.6 is 0 Å². The molecule has 4 rings (SSSR count). The summed E-state index contributed by atoms with van der Waals surface area (Å²) < 4.78 is 4.49. The number of imidazole rings is 1. The van der Waals surface area contributed by atoms with Gasteiger partial charge in [-0.15, -0.1) is 0 Å². The van der Waals surface area contributed by atoms with E-state index in [9.17, 15) is 14.7 Å². The van der Waals surface area contributed by atoms with E-state index < -0.39 is 6.10 Å². The summed E-state index contributed by atoms with van der Waals surface area (Å²) in [6.45, 7) is 5.14. The average molecular weight is 397 g/mol. The van der Waals surface area contributed by atoms with Crippen LogP contribution in [-0.2, 0) is 20.1 Å². The summed E-state index contributed by atoms with van der Waals surface area (Å²) in [5.41, 5.74) is 2.06. The Morgan fingerprint density at radius 2 is 1.86 bits per heavy atom. The van der Waals surface area contributed by atoms with Crippen LogP contribution in [0, 0.1) is 6.92 Å². The SMILES string of the molecule is CCCCCn1c(=O)c2c(nc3n2C[C@@H](O)CN3c2ccc(C)cc2)n(C)c1=O. The first-order valence-electron chi connectivity index (χ1n) is 10.1. The smallest absolute Gasteiger partial charge is 0.332 e. The highest BCUT2D eigenvalue weighted by Gasteiger charge is 2.30. The summed E-state index contributed by atoms with van der Waals surface area (Å²) in [6, 6.07) is 7.94. The van der Waals surface area contributed by atoms with Crippen molar-refractivity contribution in [1.29, 1.82) is 0 Å². The molecule has 1 aliphatic heterocycles. The van der Waals surface area contributed by atoms with Crippen LogP contribution in [0.2, 0.25) is 0 Å². The molecular weight excluding hydrogens is 370 g/mol. The van der Waals surface area contributed by atoms with Gasteiger partial charge in [-0.2, -0.15) is 4.98 Å². The van der Waals surface area contributed by atoms with Crippen molar-refractivity contribution in [2.45, 2.75) is 52.3 Å². The van der Waals surface area contributed by atoms with Gasteiger partial charge in [-0.25, -0.2) is 4.79 Å². The summed E-state index contributed by atoms with van der Waals surface area (Å²) in [4.78, 5) is 32.5. The number of fused-ring (bicyclic) bond motifs is 3. The third-order valence-electron chi connectivity index (χ3n) is 5.57. The zero-order valence-electron chi connectivity index (χ0n) is 17.1. The Kier molecular flexibility index (Phi) is 5.04. The number of hydrogen-bond acceptors (Lipinski definition) is 5. The summed E-state index contributed by atoms with van der Waals surface area (Å²) in [6.07, 6.45) is 2.09. The van der Waals surface area contributed by atoms with E-state index in [-0.39, 0.29) is 17.8 Å². The number of aliphatic hydroxyl groups excluding tert-OH is 1. The number of unbranched alkanes of at least 4 members (excludes halogenated alkanes) is 2. The summed E-state index contributed by atoms with van der Waals surface area (Å²) in [5.74, 6) is 0.576. The van der Waals surface area contributed by atoms with Crippen LogP contribution in [0.25, 0.3) is 11.2 Å². The highest BCUT2D eigenvalue weighted by Crippen LogP contribution is 2.31. The molecule has 0 bridgehead atoms. The zero-order chi connectivity index (χ0) is 20.7. The van der Waals surface area contributed by atoms with Gasteiger partial charge in [0.2, 0.25) is 5.95 Å². The van der Waals surface area contributed by atoms with E-state index in [1.807, 2.05) is 36.1 Å². The molecule has 0 aliphatic carbocycles. The van der Waals surface area contributed by atoms with E-state index in [2.05, 4.69) is 11.9 Å². The van der Waals surface area contributed by atoms with E-state index >= 15 is 0 Å². The van der Waals surface area contributed by atoms with Crippen molar-refractivity contribution < 1.29 is 5.11 Å². The molecule has 29 heavy (non-hydrogen) atoms. The van der Waals surface area contributed by atoms with E-state index in [4.69, 9.17) is 0 Å². The molecule has 0 unspecified atom stereocenters. The summed E-state index contributed by atoms with van der Waals surface area (Å²) in [5, 5.41) is 10.5. The average Bonchev–Trinajstić information content (AvgIpc) is 3.08. The molecular formula is C21H27N5O3. The minimum atomic E-state index is -0.647. The molecule has 8 heteroatoms. The molecule has 3 heterocycles. The lowest BCUT2D eigenvalue weighted by molar-refractivity contribution is 0.154. The number of nitrogens with zero attached hydrogens (tertiary/aromatic N) is 5. The minimum absolute atomic E-state index is 0.274. The first-order valence-corrected chi connectivity index (χ1v) is 10.1. The van der Waals surface area contributed by atoms with Crippen molar-refractivity contribution in [3.05, 3.63) is 50.7 Å². The largest absolute Gasteiger partial charge is 0.389 e. The Morgan fingerprint density at radius 3 is 2.55 bits per heavy atom. The third kappa shape index (κ3) is 3.27. The number of aliphatic hydroxyl groups is 1. The predicted molar refractivity (Wildman–Crippen MR) is 113 cm³/mol. The van der Waals surface area contributed by atoms with Crippen LogP contribution in [0.5, 0.6) is 0 Å². The molecule has 0 fully saturated rings. The second-order valence-electron chi connectivity index (χ2n) is 7.80. The molecule has 2 aromatic heterocycles. The van der Waals surface area contributed by atoms with Gasteiger partial charge >= 0.3 is 5.69 Å². The van der Waals surface area contributed by atoms with Crippen LogP contribution < -0.4 is 16.1 Å².